The maximum Gasteiger partial charge on any atom is 0.230 e. The number of ether oxygens (including phenoxy) is 2. The number of rotatable bonds is 6. The lowest BCUT2D eigenvalue weighted by molar-refractivity contribution is -0.137. The van der Waals surface area contributed by atoms with Gasteiger partial charge in [0.25, 0.3) is 0 Å². The second-order valence-electron chi connectivity index (χ2n) is 5.75. The number of carbonyl (C=O) groups is 1. The maximum atomic E-state index is 12.9. The first-order chi connectivity index (χ1) is 11.7. The molecule has 1 aromatic carbocycles. The van der Waals surface area contributed by atoms with Crippen LogP contribution in [0.2, 0.25) is 0 Å². The van der Waals surface area contributed by atoms with E-state index in [2.05, 4.69) is 6.58 Å². The summed E-state index contributed by atoms with van der Waals surface area (Å²) >= 11 is 0. The fourth-order valence-corrected chi connectivity index (χ4v) is 2.95. The lowest BCUT2D eigenvalue weighted by Crippen LogP contribution is -2.40. The number of furan rings is 1. The Hall–Kier alpha value is -2.69. The fourth-order valence-electron chi connectivity index (χ4n) is 2.95. The van der Waals surface area contributed by atoms with Crippen LogP contribution in [0.15, 0.2) is 53.7 Å². The van der Waals surface area contributed by atoms with Gasteiger partial charge in [0.05, 0.1) is 25.8 Å². The first-order valence-electron chi connectivity index (χ1n) is 7.93. The smallest absolute Gasteiger partial charge is 0.230 e. The Balaban J connectivity index is 1.75. The zero-order valence-electron chi connectivity index (χ0n) is 13.7. The average molecular weight is 327 g/mol. The number of carbonyl (C=O) groups excluding carboxylic acids is 1. The van der Waals surface area contributed by atoms with Crippen LogP contribution in [0.25, 0.3) is 0 Å². The summed E-state index contributed by atoms with van der Waals surface area (Å²) in [6.07, 6.45) is 3.97. The van der Waals surface area contributed by atoms with E-state index in [9.17, 15) is 4.79 Å². The van der Waals surface area contributed by atoms with Gasteiger partial charge in [-0.25, -0.2) is 0 Å². The standard InChI is InChI=1S/C19H21NO4/c1-3-9-20(12-16-7-5-10-23-16)19(21)15-11-14-6-4-8-17(22-2)18(14)24-13-15/h3-8,10,15H,1,9,11-13H2,2H3/t15-/m0/s1. The zero-order valence-corrected chi connectivity index (χ0v) is 13.7. The van der Waals surface area contributed by atoms with Crippen molar-refractivity contribution >= 4 is 5.91 Å². The number of nitrogens with zero attached hydrogens (tertiary/aromatic N) is 1. The van der Waals surface area contributed by atoms with Crippen LogP contribution in [0.1, 0.15) is 11.3 Å². The molecule has 0 saturated carbocycles. The van der Waals surface area contributed by atoms with Gasteiger partial charge in [0.15, 0.2) is 11.5 Å². The van der Waals surface area contributed by atoms with Crippen molar-refractivity contribution in [2.75, 3.05) is 20.3 Å². The molecule has 0 radical (unpaired) electrons. The van der Waals surface area contributed by atoms with Gasteiger partial charge in [0.2, 0.25) is 5.91 Å². The SMILES string of the molecule is C=CCN(Cc1ccco1)C(=O)[C@@H]1COc2c(cccc2OC)C1. The van der Waals surface area contributed by atoms with Crippen LogP contribution in [0.3, 0.4) is 0 Å². The lowest BCUT2D eigenvalue weighted by Gasteiger charge is -2.30. The van der Waals surface area contributed by atoms with E-state index in [4.69, 9.17) is 13.9 Å². The van der Waals surface area contributed by atoms with E-state index in [1.54, 1.807) is 24.3 Å². The van der Waals surface area contributed by atoms with Gasteiger partial charge in [0.1, 0.15) is 12.4 Å². The van der Waals surface area contributed by atoms with E-state index < -0.39 is 0 Å². The fraction of sp³-hybridized carbons (Fsp3) is 0.316. The molecule has 5 nitrogen and oxygen atoms in total. The molecule has 3 rings (SSSR count). The molecule has 2 aromatic rings. The van der Waals surface area contributed by atoms with Gasteiger partial charge in [-0.2, -0.15) is 0 Å². The van der Waals surface area contributed by atoms with Gasteiger partial charge >= 0.3 is 0 Å². The van der Waals surface area contributed by atoms with Gasteiger partial charge in [-0.3, -0.25) is 4.79 Å². The Bertz CT molecular complexity index is 708. The molecule has 1 aliphatic heterocycles. The van der Waals surface area contributed by atoms with Crippen LogP contribution in [0, 0.1) is 5.92 Å². The molecule has 5 heteroatoms. The summed E-state index contributed by atoms with van der Waals surface area (Å²) in [5.41, 5.74) is 0.996. The van der Waals surface area contributed by atoms with Crippen LogP contribution < -0.4 is 9.47 Å². The molecule has 24 heavy (non-hydrogen) atoms. The van der Waals surface area contributed by atoms with E-state index in [-0.39, 0.29) is 11.8 Å². The molecule has 0 N–H and O–H groups in total. The van der Waals surface area contributed by atoms with E-state index in [1.165, 1.54) is 0 Å². The average Bonchev–Trinajstić information content (AvgIpc) is 3.12. The number of amides is 1. The zero-order chi connectivity index (χ0) is 16.9. The highest BCUT2D eigenvalue weighted by Crippen LogP contribution is 2.36. The Morgan fingerprint density at radius 1 is 1.42 bits per heavy atom. The summed E-state index contributed by atoms with van der Waals surface area (Å²) in [5.74, 6) is 2.02. The van der Waals surface area contributed by atoms with Crippen LogP contribution in [0.5, 0.6) is 11.5 Å². The Morgan fingerprint density at radius 2 is 2.29 bits per heavy atom. The van der Waals surface area contributed by atoms with Gasteiger partial charge < -0.3 is 18.8 Å². The first-order valence-corrected chi connectivity index (χ1v) is 7.93. The summed E-state index contributed by atoms with van der Waals surface area (Å²) in [6, 6.07) is 9.43. The monoisotopic (exact) mass is 327 g/mol. The molecule has 0 fully saturated rings. The van der Waals surface area contributed by atoms with Crippen molar-refractivity contribution in [3.63, 3.8) is 0 Å². The summed E-state index contributed by atoms with van der Waals surface area (Å²) < 4.78 is 16.5. The van der Waals surface area contributed by atoms with E-state index in [1.807, 2.05) is 30.3 Å². The van der Waals surface area contributed by atoms with Crippen molar-refractivity contribution in [2.24, 2.45) is 5.92 Å². The van der Waals surface area contributed by atoms with Crippen molar-refractivity contribution in [3.05, 3.63) is 60.6 Å². The predicted octanol–water partition coefficient (Wildman–Crippen LogP) is 3.05. The third-order valence-electron chi connectivity index (χ3n) is 4.11. The summed E-state index contributed by atoms with van der Waals surface area (Å²) in [6.45, 7) is 4.99. The molecule has 0 saturated heterocycles. The minimum atomic E-state index is -0.223. The Labute approximate surface area is 141 Å². The molecule has 1 aliphatic rings. The summed E-state index contributed by atoms with van der Waals surface area (Å²) in [7, 11) is 1.62. The number of benzene rings is 1. The summed E-state index contributed by atoms with van der Waals surface area (Å²) in [5, 5.41) is 0. The molecular weight excluding hydrogens is 306 g/mol. The highest BCUT2D eigenvalue weighted by Gasteiger charge is 2.30. The van der Waals surface area contributed by atoms with Gasteiger partial charge in [-0.05, 0) is 30.2 Å². The molecule has 1 atom stereocenters. The van der Waals surface area contributed by atoms with Crippen molar-refractivity contribution < 1.29 is 18.7 Å². The second-order valence-corrected chi connectivity index (χ2v) is 5.75. The molecule has 1 amide bonds. The Morgan fingerprint density at radius 3 is 3.00 bits per heavy atom. The highest BCUT2D eigenvalue weighted by atomic mass is 16.5. The molecule has 1 aromatic heterocycles. The summed E-state index contributed by atoms with van der Waals surface area (Å²) in [4.78, 5) is 14.6. The van der Waals surface area contributed by atoms with Gasteiger partial charge in [0, 0.05) is 6.54 Å². The van der Waals surface area contributed by atoms with Crippen LogP contribution >= 0.6 is 0 Å². The second kappa shape index (κ2) is 7.25. The molecule has 126 valence electrons. The van der Waals surface area contributed by atoms with E-state index in [0.29, 0.717) is 31.9 Å². The number of fused-ring (bicyclic) bond motifs is 1. The quantitative estimate of drug-likeness (QED) is 0.765. The number of para-hydroxylation sites is 1. The molecule has 0 unspecified atom stereocenters. The minimum absolute atomic E-state index is 0.0415. The third kappa shape index (κ3) is 3.30. The largest absolute Gasteiger partial charge is 0.493 e. The minimum Gasteiger partial charge on any atom is -0.493 e. The highest BCUT2D eigenvalue weighted by molar-refractivity contribution is 5.80. The van der Waals surface area contributed by atoms with E-state index in [0.717, 1.165) is 17.1 Å². The molecule has 0 bridgehead atoms. The van der Waals surface area contributed by atoms with Crippen molar-refractivity contribution in [3.8, 4) is 11.5 Å². The number of hydrogen-bond acceptors (Lipinski definition) is 4. The predicted molar refractivity (Wildman–Crippen MR) is 90.0 cm³/mol. The Kier molecular flexibility index (Phi) is 4.89. The number of methoxy groups -OCH3 is 1. The molecular formula is C19H21NO4. The van der Waals surface area contributed by atoms with Crippen LogP contribution in [-0.4, -0.2) is 31.1 Å². The van der Waals surface area contributed by atoms with Gasteiger partial charge in [-0.1, -0.05) is 18.2 Å². The normalized spacial score (nSPS) is 16.0. The van der Waals surface area contributed by atoms with Gasteiger partial charge in [-0.15, -0.1) is 6.58 Å². The van der Waals surface area contributed by atoms with Crippen molar-refractivity contribution in [2.45, 2.75) is 13.0 Å². The van der Waals surface area contributed by atoms with Crippen LogP contribution in [0.4, 0.5) is 0 Å². The molecule has 2 heterocycles. The van der Waals surface area contributed by atoms with Crippen molar-refractivity contribution in [1.29, 1.82) is 0 Å². The molecule has 0 spiro atoms. The maximum absolute atomic E-state index is 12.9. The molecule has 0 aliphatic carbocycles. The van der Waals surface area contributed by atoms with E-state index >= 15 is 0 Å². The van der Waals surface area contributed by atoms with Crippen molar-refractivity contribution in [1.82, 2.24) is 4.90 Å². The topological polar surface area (TPSA) is 51.9 Å². The first kappa shape index (κ1) is 16.2. The van der Waals surface area contributed by atoms with Crippen LogP contribution in [-0.2, 0) is 17.8 Å². The lowest BCUT2D eigenvalue weighted by atomic mass is 9.95. The third-order valence-corrected chi connectivity index (χ3v) is 4.11. The number of hydrogen-bond donors (Lipinski definition) is 0.